The second-order valence-electron chi connectivity index (χ2n) is 7.05. The molecule has 0 N–H and O–H groups in total. The van der Waals surface area contributed by atoms with Gasteiger partial charge < -0.3 is 0 Å². The SMILES string of the molecule is O=C1CCCC2=C1[C@H](c1ccc(Br)cc1)[C@@H]1C(=O)c3ccccc3C1=N2. The van der Waals surface area contributed by atoms with Crippen molar-refractivity contribution in [1.29, 1.82) is 0 Å². The molecule has 3 nitrogen and oxygen atoms in total. The Morgan fingerprint density at radius 3 is 2.38 bits per heavy atom. The first-order chi connectivity index (χ1) is 12.6. The summed E-state index contributed by atoms with van der Waals surface area (Å²) in [5, 5.41) is 0. The van der Waals surface area contributed by atoms with E-state index in [4.69, 9.17) is 4.99 Å². The molecule has 2 aromatic rings. The maximum Gasteiger partial charge on any atom is 0.173 e. The minimum Gasteiger partial charge on any atom is -0.294 e. The molecule has 2 aromatic carbocycles. The van der Waals surface area contributed by atoms with Crippen molar-refractivity contribution in [2.24, 2.45) is 10.9 Å². The summed E-state index contributed by atoms with van der Waals surface area (Å²) >= 11 is 3.47. The van der Waals surface area contributed by atoms with Crippen molar-refractivity contribution in [3.8, 4) is 0 Å². The van der Waals surface area contributed by atoms with Gasteiger partial charge in [-0.25, -0.2) is 0 Å². The van der Waals surface area contributed by atoms with Gasteiger partial charge in [0.2, 0.25) is 0 Å². The lowest BCUT2D eigenvalue weighted by molar-refractivity contribution is -0.116. The standard InChI is InChI=1S/C22H16BrNO2/c23-13-10-8-12(9-11-13)18-19-16(6-3-7-17(19)25)24-21-14-4-1-2-5-15(14)22(26)20(18)21/h1-2,4-5,8-11,18,20H,3,6-7H2/t18-,20-/m0/s1. The molecule has 128 valence electrons. The van der Waals surface area contributed by atoms with Gasteiger partial charge in [-0.3, -0.25) is 14.6 Å². The van der Waals surface area contributed by atoms with Crippen molar-refractivity contribution >= 4 is 33.2 Å². The fourth-order valence-electron chi connectivity index (χ4n) is 4.48. The Bertz CT molecular complexity index is 1020. The van der Waals surface area contributed by atoms with E-state index in [9.17, 15) is 9.59 Å². The summed E-state index contributed by atoms with van der Waals surface area (Å²) in [5.74, 6) is -0.407. The molecule has 3 aliphatic rings. The normalized spacial score (nSPS) is 24.1. The molecule has 0 amide bonds. The lowest BCUT2D eigenvalue weighted by Crippen LogP contribution is -2.33. The molecular weight excluding hydrogens is 390 g/mol. The van der Waals surface area contributed by atoms with Gasteiger partial charge in [-0.1, -0.05) is 52.3 Å². The van der Waals surface area contributed by atoms with E-state index in [0.29, 0.717) is 6.42 Å². The molecule has 0 saturated carbocycles. The van der Waals surface area contributed by atoms with Gasteiger partial charge in [0, 0.05) is 39.2 Å². The number of benzene rings is 2. The van der Waals surface area contributed by atoms with Gasteiger partial charge in [0.1, 0.15) is 0 Å². The monoisotopic (exact) mass is 405 g/mol. The van der Waals surface area contributed by atoms with E-state index in [1.807, 2.05) is 48.5 Å². The third-order valence-corrected chi connectivity index (χ3v) is 6.13. The maximum absolute atomic E-state index is 13.2. The van der Waals surface area contributed by atoms with Crippen molar-refractivity contribution in [2.45, 2.75) is 25.2 Å². The number of carbonyl (C=O) groups excluding carboxylic acids is 2. The minimum absolute atomic E-state index is 0.0807. The number of fused-ring (bicyclic) bond motifs is 3. The molecule has 0 saturated heterocycles. The lowest BCUT2D eigenvalue weighted by atomic mass is 9.71. The second kappa shape index (κ2) is 5.85. The number of carbonyl (C=O) groups is 2. The average molecular weight is 406 g/mol. The van der Waals surface area contributed by atoms with Crippen molar-refractivity contribution < 1.29 is 9.59 Å². The number of aliphatic imine (C=N–C) groups is 1. The van der Waals surface area contributed by atoms with Crippen LogP contribution in [0.5, 0.6) is 0 Å². The van der Waals surface area contributed by atoms with Crippen LogP contribution in [0, 0.1) is 5.92 Å². The summed E-state index contributed by atoms with van der Waals surface area (Å²) in [7, 11) is 0. The van der Waals surface area contributed by atoms with Crippen LogP contribution in [-0.2, 0) is 4.79 Å². The largest absolute Gasteiger partial charge is 0.294 e. The Morgan fingerprint density at radius 1 is 0.885 bits per heavy atom. The Balaban J connectivity index is 1.76. The zero-order valence-electron chi connectivity index (χ0n) is 14.0. The predicted octanol–water partition coefficient (Wildman–Crippen LogP) is 4.86. The van der Waals surface area contributed by atoms with E-state index in [-0.39, 0.29) is 17.5 Å². The third-order valence-electron chi connectivity index (χ3n) is 5.60. The fourth-order valence-corrected chi connectivity index (χ4v) is 4.74. The molecule has 5 rings (SSSR count). The summed E-state index contributed by atoms with van der Waals surface area (Å²) in [5.41, 5.74) is 5.14. The van der Waals surface area contributed by atoms with E-state index >= 15 is 0 Å². The van der Waals surface area contributed by atoms with Gasteiger partial charge >= 0.3 is 0 Å². The second-order valence-corrected chi connectivity index (χ2v) is 7.97. The lowest BCUT2D eigenvalue weighted by Gasteiger charge is -2.33. The van der Waals surface area contributed by atoms with Crippen LogP contribution < -0.4 is 0 Å². The van der Waals surface area contributed by atoms with Crippen LogP contribution in [0.4, 0.5) is 0 Å². The van der Waals surface area contributed by atoms with Crippen LogP contribution in [0.2, 0.25) is 0 Å². The number of halogens is 1. The van der Waals surface area contributed by atoms with Crippen molar-refractivity contribution in [1.82, 2.24) is 0 Å². The van der Waals surface area contributed by atoms with E-state index in [1.165, 1.54) is 0 Å². The molecule has 26 heavy (non-hydrogen) atoms. The van der Waals surface area contributed by atoms with Gasteiger partial charge in [-0.2, -0.15) is 0 Å². The van der Waals surface area contributed by atoms with Crippen LogP contribution in [0.1, 0.15) is 46.7 Å². The minimum atomic E-state index is -0.394. The van der Waals surface area contributed by atoms with Crippen molar-refractivity contribution in [2.75, 3.05) is 0 Å². The van der Waals surface area contributed by atoms with Gasteiger partial charge in [-0.05, 0) is 30.5 Å². The van der Waals surface area contributed by atoms with Crippen LogP contribution in [-0.4, -0.2) is 17.3 Å². The summed E-state index contributed by atoms with van der Waals surface area (Å²) < 4.78 is 0.983. The Labute approximate surface area is 160 Å². The van der Waals surface area contributed by atoms with Gasteiger partial charge in [0.25, 0.3) is 0 Å². The first-order valence-electron chi connectivity index (χ1n) is 8.89. The summed E-state index contributed by atoms with van der Waals surface area (Å²) in [6, 6.07) is 15.7. The maximum atomic E-state index is 13.2. The molecule has 0 spiro atoms. The predicted molar refractivity (Wildman–Crippen MR) is 104 cm³/mol. The Hall–Kier alpha value is -2.33. The fraction of sp³-hybridized carbons (Fsp3) is 0.227. The summed E-state index contributed by atoms with van der Waals surface area (Å²) in [6.45, 7) is 0. The summed E-state index contributed by atoms with van der Waals surface area (Å²) in [4.78, 5) is 30.9. The topological polar surface area (TPSA) is 46.5 Å². The highest BCUT2D eigenvalue weighted by molar-refractivity contribution is 9.10. The van der Waals surface area contributed by atoms with Gasteiger partial charge in [-0.15, -0.1) is 0 Å². The highest BCUT2D eigenvalue weighted by Crippen LogP contribution is 2.48. The van der Waals surface area contributed by atoms with Crippen LogP contribution >= 0.6 is 15.9 Å². The molecule has 0 fully saturated rings. The summed E-state index contributed by atoms with van der Waals surface area (Å²) in [6.07, 6.45) is 2.19. The number of allylic oxidation sites excluding steroid dienone is 2. The molecule has 0 bridgehead atoms. The molecule has 0 aromatic heterocycles. The zero-order chi connectivity index (χ0) is 17.8. The quantitative estimate of drug-likeness (QED) is 0.680. The number of Topliss-reactive ketones (excluding diaryl/α,β-unsaturated/α-hetero) is 2. The highest BCUT2D eigenvalue weighted by Gasteiger charge is 2.48. The molecule has 0 radical (unpaired) electrons. The number of nitrogens with zero attached hydrogens (tertiary/aromatic N) is 1. The highest BCUT2D eigenvalue weighted by atomic mass is 79.9. The number of hydrogen-bond donors (Lipinski definition) is 0. The molecular formula is C22H16BrNO2. The van der Waals surface area contributed by atoms with Gasteiger partial charge in [0.15, 0.2) is 11.6 Å². The third kappa shape index (κ3) is 2.21. The van der Waals surface area contributed by atoms with E-state index < -0.39 is 5.92 Å². The Morgan fingerprint density at radius 2 is 1.62 bits per heavy atom. The van der Waals surface area contributed by atoms with Crippen molar-refractivity contribution in [3.63, 3.8) is 0 Å². The molecule has 1 heterocycles. The smallest absolute Gasteiger partial charge is 0.173 e. The number of hydrogen-bond acceptors (Lipinski definition) is 3. The van der Waals surface area contributed by atoms with E-state index in [2.05, 4.69) is 15.9 Å². The first kappa shape index (κ1) is 15.9. The number of rotatable bonds is 1. The number of ketones is 2. The zero-order valence-corrected chi connectivity index (χ0v) is 15.6. The average Bonchev–Trinajstić information content (AvgIpc) is 2.94. The molecule has 2 atom stereocenters. The van der Waals surface area contributed by atoms with Crippen LogP contribution in [0.25, 0.3) is 0 Å². The first-order valence-corrected chi connectivity index (χ1v) is 9.68. The Kier molecular flexibility index (Phi) is 3.57. The van der Waals surface area contributed by atoms with E-state index in [1.54, 1.807) is 0 Å². The van der Waals surface area contributed by atoms with Gasteiger partial charge in [0.05, 0.1) is 11.6 Å². The molecule has 1 aliphatic heterocycles. The van der Waals surface area contributed by atoms with Crippen LogP contribution in [0.15, 0.2) is 69.3 Å². The molecule has 0 unspecified atom stereocenters. The van der Waals surface area contributed by atoms with Crippen molar-refractivity contribution in [3.05, 3.63) is 81.0 Å². The molecule has 2 aliphatic carbocycles. The molecule has 4 heteroatoms. The van der Waals surface area contributed by atoms with E-state index in [0.717, 1.165) is 51.0 Å². The van der Waals surface area contributed by atoms with Crippen LogP contribution in [0.3, 0.4) is 0 Å².